The SMILES string of the molecule is O=C1CCCCN1c1ccccc1C#CC=CC#Cc1ccccc1C(F)(F)F. The molecule has 0 aliphatic carbocycles. The Hall–Kier alpha value is -3.44. The number of allylic oxidation sites excluding steroid dienone is 2. The molecular weight excluding hydrogens is 375 g/mol. The fourth-order valence-electron chi connectivity index (χ4n) is 3.04. The molecular formula is C24H18F3NO. The Morgan fingerprint density at radius 3 is 2.17 bits per heavy atom. The van der Waals surface area contributed by atoms with Gasteiger partial charge in [-0.1, -0.05) is 47.9 Å². The number of anilines is 1. The highest BCUT2D eigenvalue weighted by atomic mass is 19.4. The van der Waals surface area contributed by atoms with E-state index in [0.717, 1.165) is 30.2 Å². The van der Waals surface area contributed by atoms with Crippen LogP contribution in [0, 0.1) is 23.7 Å². The van der Waals surface area contributed by atoms with E-state index in [-0.39, 0.29) is 11.5 Å². The van der Waals surface area contributed by atoms with Gasteiger partial charge in [-0.25, -0.2) is 0 Å². The lowest BCUT2D eigenvalue weighted by Crippen LogP contribution is -2.35. The van der Waals surface area contributed by atoms with Crippen molar-refractivity contribution >= 4 is 11.6 Å². The summed E-state index contributed by atoms with van der Waals surface area (Å²) in [5.74, 6) is 11.0. The number of halogens is 3. The molecule has 3 rings (SSSR count). The number of hydrogen-bond donors (Lipinski definition) is 0. The molecule has 2 aromatic rings. The Balaban J connectivity index is 1.75. The summed E-state index contributed by atoms with van der Waals surface area (Å²) in [4.78, 5) is 13.9. The lowest BCUT2D eigenvalue weighted by atomic mass is 10.1. The number of carbonyl (C=O) groups excluding carboxylic acids is 1. The fraction of sp³-hybridized carbons (Fsp3) is 0.208. The van der Waals surface area contributed by atoms with Gasteiger partial charge < -0.3 is 4.90 Å². The monoisotopic (exact) mass is 393 g/mol. The number of nitrogens with zero attached hydrogens (tertiary/aromatic N) is 1. The molecule has 1 heterocycles. The minimum Gasteiger partial charge on any atom is -0.311 e. The first-order chi connectivity index (χ1) is 14.0. The minimum atomic E-state index is -4.44. The van der Waals surface area contributed by atoms with E-state index in [4.69, 9.17) is 0 Å². The first kappa shape index (κ1) is 20.3. The maximum atomic E-state index is 12.9. The number of carbonyl (C=O) groups is 1. The number of para-hydroxylation sites is 1. The molecule has 0 radical (unpaired) electrons. The second-order valence-electron chi connectivity index (χ2n) is 6.43. The van der Waals surface area contributed by atoms with E-state index in [1.807, 2.05) is 24.3 Å². The Kier molecular flexibility index (Phi) is 6.42. The van der Waals surface area contributed by atoms with Crippen LogP contribution in [0.3, 0.4) is 0 Å². The van der Waals surface area contributed by atoms with Crippen molar-refractivity contribution in [2.45, 2.75) is 25.4 Å². The van der Waals surface area contributed by atoms with Gasteiger partial charge in [0, 0.05) is 24.1 Å². The summed E-state index contributed by atoms with van der Waals surface area (Å²) in [6, 6.07) is 12.6. The van der Waals surface area contributed by atoms with Crippen LogP contribution in [0.1, 0.15) is 36.0 Å². The maximum Gasteiger partial charge on any atom is 0.417 e. The van der Waals surface area contributed by atoms with Gasteiger partial charge in [0.15, 0.2) is 0 Å². The third kappa shape index (κ3) is 5.30. The van der Waals surface area contributed by atoms with Crippen LogP contribution in [0.15, 0.2) is 60.7 Å². The average Bonchev–Trinajstić information content (AvgIpc) is 2.71. The number of hydrogen-bond acceptors (Lipinski definition) is 1. The lowest BCUT2D eigenvalue weighted by molar-refractivity contribution is -0.137. The summed E-state index contributed by atoms with van der Waals surface area (Å²) in [6.07, 6.45) is 0.859. The van der Waals surface area contributed by atoms with Crippen LogP contribution in [0.25, 0.3) is 0 Å². The zero-order valence-corrected chi connectivity index (χ0v) is 15.6. The van der Waals surface area contributed by atoms with Crippen LogP contribution < -0.4 is 4.90 Å². The topological polar surface area (TPSA) is 20.3 Å². The molecule has 0 spiro atoms. The van der Waals surface area contributed by atoms with E-state index in [1.54, 1.807) is 4.90 Å². The Morgan fingerprint density at radius 1 is 0.862 bits per heavy atom. The van der Waals surface area contributed by atoms with Crippen LogP contribution in [-0.2, 0) is 11.0 Å². The first-order valence-electron chi connectivity index (χ1n) is 9.20. The molecule has 0 saturated carbocycles. The Labute approximate surface area is 168 Å². The third-order valence-corrected chi connectivity index (χ3v) is 4.41. The van der Waals surface area contributed by atoms with Crippen molar-refractivity contribution in [2.24, 2.45) is 0 Å². The molecule has 0 atom stereocenters. The summed E-state index contributed by atoms with van der Waals surface area (Å²) in [6.45, 7) is 0.678. The second-order valence-corrected chi connectivity index (χ2v) is 6.43. The maximum absolute atomic E-state index is 12.9. The van der Waals surface area contributed by atoms with Crippen LogP contribution in [0.5, 0.6) is 0 Å². The molecule has 1 saturated heterocycles. The van der Waals surface area contributed by atoms with Gasteiger partial charge in [-0.15, -0.1) is 0 Å². The number of benzene rings is 2. The average molecular weight is 393 g/mol. The molecule has 0 N–H and O–H groups in total. The largest absolute Gasteiger partial charge is 0.417 e. The summed E-state index contributed by atoms with van der Waals surface area (Å²) >= 11 is 0. The molecule has 5 heteroatoms. The van der Waals surface area contributed by atoms with Gasteiger partial charge in [0.1, 0.15) is 0 Å². The van der Waals surface area contributed by atoms with E-state index in [2.05, 4.69) is 23.7 Å². The number of alkyl halides is 3. The molecule has 2 aromatic carbocycles. The highest BCUT2D eigenvalue weighted by Gasteiger charge is 2.32. The van der Waals surface area contributed by atoms with Gasteiger partial charge in [0.05, 0.1) is 11.3 Å². The summed E-state index contributed by atoms with van der Waals surface area (Å²) in [5.41, 5.74) is 0.671. The first-order valence-corrected chi connectivity index (χ1v) is 9.20. The van der Waals surface area contributed by atoms with Crippen molar-refractivity contribution in [3.63, 3.8) is 0 Å². The molecule has 0 unspecified atom stereocenters. The molecule has 1 fully saturated rings. The molecule has 1 amide bonds. The Morgan fingerprint density at radius 2 is 1.48 bits per heavy atom. The van der Waals surface area contributed by atoms with Crippen molar-refractivity contribution in [1.82, 2.24) is 0 Å². The number of piperidine rings is 1. The quantitative estimate of drug-likeness (QED) is 0.611. The van der Waals surface area contributed by atoms with Crippen LogP contribution in [0.2, 0.25) is 0 Å². The smallest absolute Gasteiger partial charge is 0.311 e. The highest BCUT2D eigenvalue weighted by molar-refractivity contribution is 5.95. The summed E-state index contributed by atoms with van der Waals surface area (Å²) in [7, 11) is 0. The minimum absolute atomic E-state index is 0.0773. The predicted octanol–water partition coefficient (Wildman–Crippen LogP) is 5.18. The molecule has 1 aliphatic heterocycles. The van der Waals surface area contributed by atoms with Gasteiger partial charge in [0.25, 0.3) is 0 Å². The van der Waals surface area contributed by atoms with Crippen molar-refractivity contribution < 1.29 is 18.0 Å². The van der Waals surface area contributed by atoms with Gasteiger partial charge in [-0.05, 0) is 49.3 Å². The summed E-state index contributed by atoms with van der Waals surface area (Å²) < 4.78 is 38.8. The number of amides is 1. The van der Waals surface area contributed by atoms with E-state index in [9.17, 15) is 18.0 Å². The van der Waals surface area contributed by atoms with Crippen molar-refractivity contribution in [2.75, 3.05) is 11.4 Å². The van der Waals surface area contributed by atoms with E-state index >= 15 is 0 Å². The Bertz CT molecular complexity index is 1050. The van der Waals surface area contributed by atoms with Gasteiger partial charge in [0.2, 0.25) is 5.91 Å². The van der Waals surface area contributed by atoms with Crippen LogP contribution in [-0.4, -0.2) is 12.5 Å². The molecule has 2 nitrogen and oxygen atoms in total. The van der Waals surface area contributed by atoms with Crippen LogP contribution >= 0.6 is 0 Å². The molecule has 29 heavy (non-hydrogen) atoms. The van der Waals surface area contributed by atoms with Crippen molar-refractivity contribution in [3.05, 3.63) is 77.4 Å². The zero-order valence-electron chi connectivity index (χ0n) is 15.6. The molecule has 0 aromatic heterocycles. The van der Waals surface area contributed by atoms with E-state index < -0.39 is 11.7 Å². The second kappa shape index (κ2) is 9.17. The standard InChI is InChI=1S/C24H18F3NO/c25-24(26,27)21-15-7-5-12-19(21)11-3-1-2-4-13-20-14-6-8-16-22(20)28-18-10-9-17-23(28)29/h1-2,5-8,12,14-16H,9-10,17-18H2. The lowest BCUT2D eigenvalue weighted by Gasteiger charge is -2.27. The van der Waals surface area contributed by atoms with Gasteiger partial charge in [-0.2, -0.15) is 13.2 Å². The highest BCUT2D eigenvalue weighted by Crippen LogP contribution is 2.31. The third-order valence-electron chi connectivity index (χ3n) is 4.41. The fourth-order valence-corrected chi connectivity index (χ4v) is 3.04. The van der Waals surface area contributed by atoms with Crippen LogP contribution in [0.4, 0.5) is 18.9 Å². The molecule has 0 bridgehead atoms. The van der Waals surface area contributed by atoms with Gasteiger partial charge in [-0.3, -0.25) is 4.79 Å². The van der Waals surface area contributed by atoms with Crippen molar-refractivity contribution in [1.29, 1.82) is 0 Å². The predicted molar refractivity (Wildman–Crippen MR) is 107 cm³/mol. The van der Waals surface area contributed by atoms with E-state index in [0.29, 0.717) is 13.0 Å². The number of rotatable bonds is 1. The van der Waals surface area contributed by atoms with E-state index in [1.165, 1.54) is 30.4 Å². The summed E-state index contributed by atoms with van der Waals surface area (Å²) in [5, 5.41) is 0. The van der Waals surface area contributed by atoms with Crippen molar-refractivity contribution in [3.8, 4) is 23.7 Å². The normalized spacial score (nSPS) is 14.2. The zero-order chi connectivity index (χ0) is 20.7. The molecule has 146 valence electrons. The van der Waals surface area contributed by atoms with Gasteiger partial charge >= 0.3 is 6.18 Å². The molecule has 1 aliphatic rings.